The molecule has 1 N–H and O–H groups in total. The van der Waals surface area contributed by atoms with Crippen molar-refractivity contribution in [3.8, 4) is 0 Å². The summed E-state index contributed by atoms with van der Waals surface area (Å²) in [5.74, 6) is 2.03. The molecule has 4 aliphatic rings. The van der Waals surface area contributed by atoms with Gasteiger partial charge in [-0.05, 0) is 85.6 Å². The van der Waals surface area contributed by atoms with Gasteiger partial charge in [-0.1, -0.05) is 19.9 Å². The second kappa shape index (κ2) is 5.37. The molecule has 0 bridgehead atoms. The van der Waals surface area contributed by atoms with Crippen LogP contribution in [-0.4, -0.2) is 17.8 Å². The Bertz CT molecular complexity index is 668. The first-order valence-electron chi connectivity index (χ1n) is 10.8. The van der Waals surface area contributed by atoms with Crippen molar-refractivity contribution in [2.45, 2.75) is 71.7 Å². The predicted molar refractivity (Wildman–Crippen MR) is 92.8 cm³/mol. The van der Waals surface area contributed by atoms with Crippen LogP contribution in [0.5, 0.6) is 0 Å². The predicted octanol–water partition coefficient (Wildman–Crippen LogP) is 4.84. The fourth-order valence-electron chi connectivity index (χ4n) is 6.00. The molecule has 0 spiro atoms. The van der Waals surface area contributed by atoms with Crippen LogP contribution in [0.15, 0.2) is 23.5 Å². The molecule has 6 atom stereocenters. The molecule has 0 aromatic carbocycles. The average Bonchev–Trinajstić information content (AvgIpc) is 2.71. The number of rotatable bonds is 2. The summed E-state index contributed by atoms with van der Waals surface area (Å²) in [7, 11) is 0. The Labute approximate surface area is 145 Å². The quantitative estimate of drug-likeness (QED) is 0.789. The summed E-state index contributed by atoms with van der Waals surface area (Å²) in [4.78, 5) is 0. The Hall–Kier alpha value is -0.760. The molecule has 0 heterocycles. The average molecular weight is 320 g/mol. The number of ether oxygens (including phenoxy) is 1. The van der Waals surface area contributed by atoms with Gasteiger partial charge < -0.3 is 9.84 Å². The van der Waals surface area contributed by atoms with Gasteiger partial charge in [-0.15, -0.1) is 0 Å². The highest BCUT2D eigenvalue weighted by Crippen LogP contribution is 2.64. The van der Waals surface area contributed by atoms with Crippen LogP contribution in [0.3, 0.4) is 0 Å². The number of hydrogen-bond acceptors (Lipinski definition) is 2. The van der Waals surface area contributed by atoms with Crippen molar-refractivity contribution in [2.24, 2.45) is 28.6 Å². The van der Waals surface area contributed by atoms with E-state index >= 15 is 0 Å². The van der Waals surface area contributed by atoms with Crippen molar-refractivity contribution in [3.63, 3.8) is 0 Å². The molecule has 0 aromatic rings. The lowest BCUT2D eigenvalue weighted by Crippen LogP contribution is -2.50. The van der Waals surface area contributed by atoms with Gasteiger partial charge in [-0.25, -0.2) is 0 Å². The Kier molecular flexibility index (Phi) is 2.94. The Morgan fingerprint density at radius 1 is 1.35 bits per heavy atom. The molecule has 0 aliphatic heterocycles. The lowest BCUT2D eigenvalue weighted by Gasteiger charge is -2.56. The number of fused-ring (bicyclic) bond motifs is 5. The van der Waals surface area contributed by atoms with E-state index in [-0.39, 0.29) is 11.3 Å². The minimum absolute atomic E-state index is 0.0747. The highest BCUT2D eigenvalue weighted by molar-refractivity contribution is 5.35. The maximum absolute atomic E-state index is 10.8. The summed E-state index contributed by atoms with van der Waals surface area (Å²) in [6.45, 7) is 7.06. The van der Waals surface area contributed by atoms with Crippen LogP contribution in [0.2, 0.25) is 0 Å². The SMILES string of the molecule is [2H]C1([2H])CC2C3CC=C4C=C(OCC)CCC4(C)C3CCC2(C)C1([2H])O. The molecular weight excluding hydrogens is 284 g/mol. The zero-order valence-corrected chi connectivity index (χ0v) is 14.7. The normalized spacial score (nSPS) is 56.0. The van der Waals surface area contributed by atoms with E-state index in [1.165, 1.54) is 5.57 Å². The van der Waals surface area contributed by atoms with E-state index < -0.39 is 17.9 Å². The smallest absolute Gasteiger partial charge is 0.0962 e. The Morgan fingerprint density at radius 3 is 2.96 bits per heavy atom. The topological polar surface area (TPSA) is 29.5 Å². The van der Waals surface area contributed by atoms with Gasteiger partial charge in [0.1, 0.15) is 0 Å². The first kappa shape index (κ1) is 12.6. The van der Waals surface area contributed by atoms with Crippen LogP contribution in [0.4, 0.5) is 0 Å². The number of allylic oxidation sites excluding steroid dienone is 4. The van der Waals surface area contributed by atoms with E-state index in [9.17, 15) is 5.11 Å². The molecule has 2 nitrogen and oxygen atoms in total. The van der Waals surface area contributed by atoms with Gasteiger partial charge in [-0.2, -0.15) is 0 Å². The van der Waals surface area contributed by atoms with Crippen LogP contribution >= 0.6 is 0 Å². The monoisotopic (exact) mass is 319 g/mol. The van der Waals surface area contributed by atoms with Gasteiger partial charge >= 0.3 is 0 Å². The second-order valence-corrected chi connectivity index (χ2v) is 8.42. The van der Waals surface area contributed by atoms with Crippen molar-refractivity contribution < 1.29 is 14.0 Å². The van der Waals surface area contributed by atoms with E-state index in [1.807, 2.05) is 13.8 Å². The van der Waals surface area contributed by atoms with Crippen LogP contribution in [0, 0.1) is 28.6 Å². The molecule has 0 radical (unpaired) electrons. The lowest BCUT2D eigenvalue weighted by atomic mass is 9.48. The van der Waals surface area contributed by atoms with Crippen molar-refractivity contribution in [1.82, 2.24) is 0 Å². The van der Waals surface area contributed by atoms with Crippen molar-refractivity contribution in [1.29, 1.82) is 0 Å². The van der Waals surface area contributed by atoms with Gasteiger partial charge in [0.25, 0.3) is 0 Å². The van der Waals surface area contributed by atoms with E-state index in [2.05, 4.69) is 19.1 Å². The maximum Gasteiger partial charge on any atom is 0.0962 e. The Balaban J connectivity index is 1.70. The molecular formula is C21H32O2. The summed E-state index contributed by atoms with van der Waals surface area (Å²) in [6.07, 6.45) is 5.75. The molecule has 23 heavy (non-hydrogen) atoms. The van der Waals surface area contributed by atoms with Crippen molar-refractivity contribution >= 4 is 0 Å². The number of hydrogen-bond donors (Lipinski definition) is 1. The second-order valence-electron chi connectivity index (χ2n) is 8.42. The van der Waals surface area contributed by atoms with Gasteiger partial charge in [0, 0.05) is 9.16 Å². The minimum Gasteiger partial charge on any atom is -0.498 e. The van der Waals surface area contributed by atoms with E-state index in [0.29, 0.717) is 24.9 Å². The lowest BCUT2D eigenvalue weighted by molar-refractivity contribution is -0.0635. The molecule has 4 rings (SSSR count). The highest BCUT2D eigenvalue weighted by atomic mass is 16.5. The molecule has 128 valence electrons. The van der Waals surface area contributed by atoms with Crippen LogP contribution in [0.25, 0.3) is 0 Å². The maximum atomic E-state index is 10.8. The fourth-order valence-corrected chi connectivity index (χ4v) is 6.00. The largest absolute Gasteiger partial charge is 0.498 e. The van der Waals surface area contributed by atoms with E-state index in [1.54, 1.807) is 0 Å². The molecule has 2 saturated carbocycles. The minimum atomic E-state index is -1.99. The third-order valence-electron chi connectivity index (χ3n) is 7.48. The van der Waals surface area contributed by atoms with E-state index in [0.717, 1.165) is 37.9 Å². The molecule has 2 fully saturated rings. The van der Waals surface area contributed by atoms with Gasteiger partial charge in [0.15, 0.2) is 0 Å². The molecule has 0 aromatic heterocycles. The molecule has 0 saturated heterocycles. The number of aliphatic hydroxyl groups is 1. The van der Waals surface area contributed by atoms with Crippen molar-refractivity contribution in [2.75, 3.05) is 6.61 Å². The first-order valence-corrected chi connectivity index (χ1v) is 9.33. The summed E-state index contributed by atoms with van der Waals surface area (Å²) >= 11 is 0. The summed E-state index contributed by atoms with van der Waals surface area (Å²) in [5.41, 5.74) is 0.847. The zero-order valence-electron chi connectivity index (χ0n) is 17.7. The van der Waals surface area contributed by atoms with Crippen LogP contribution in [-0.2, 0) is 4.74 Å². The summed E-state index contributed by atoms with van der Waals surface area (Å²) < 4.78 is 30.8. The molecule has 4 aliphatic carbocycles. The highest BCUT2D eigenvalue weighted by Gasteiger charge is 2.58. The third-order valence-corrected chi connectivity index (χ3v) is 7.48. The molecule has 6 unspecified atom stereocenters. The molecule has 0 amide bonds. The van der Waals surface area contributed by atoms with Crippen LogP contribution in [0.1, 0.15) is 69.8 Å². The van der Waals surface area contributed by atoms with Crippen LogP contribution < -0.4 is 0 Å². The zero-order chi connectivity index (χ0) is 19.0. The standard InChI is InChI=1S/C21H32O2/c1-4-23-15-9-11-20(2)14(13-15)5-6-16-17-7-8-19(22)21(17,3)12-10-18(16)20/h5,13,16-19,22H,4,6-12H2,1-3H3/i8D2,19D. The fraction of sp³-hybridized carbons (Fsp3) is 0.810. The Morgan fingerprint density at radius 2 is 2.17 bits per heavy atom. The van der Waals surface area contributed by atoms with Gasteiger partial charge in [0.2, 0.25) is 0 Å². The summed E-state index contributed by atoms with van der Waals surface area (Å²) in [5, 5.41) is 10.8. The van der Waals surface area contributed by atoms with E-state index in [4.69, 9.17) is 8.85 Å². The third kappa shape index (κ3) is 2.17. The van der Waals surface area contributed by atoms with Gasteiger partial charge in [-0.3, -0.25) is 0 Å². The summed E-state index contributed by atoms with van der Waals surface area (Å²) in [6, 6.07) is 0. The first-order chi connectivity index (χ1) is 12.1. The molecule has 2 heteroatoms. The van der Waals surface area contributed by atoms with Crippen molar-refractivity contribution in [3.05, 3.63) is 23.5 Å². The van der Waals surface area contributed by atoms with Gasteiger partial charge in [0.05, 0.1) is 19.8 Å².